The van der Waals surface area contributed by atoms with Gasteiger partial charge in [-0.2, -0.15) is 0 Å². The maximum atomic E-state index is 12.5. The molecular formula is C19H19N3O2. The lowest BCUT2D eigenvalue weighted by Crippen LogP contribution is -2.43. The second-order valence-electron chi connectivity index (χ2n) is 6.21. The highest BCUT2D eigenvalue weighted by Crippen LogP contribution is 2.38. The molecule has 1 aromatic heterocycles. The molecule has 2 aliphatic heterocycles. The summed E-state index contributed by atoms with van der Waals surface area (Å²) in [6, 6.07) is 11.9. The number of hydrogen-bond acceptors (Lipinski definition) is 4. The summed E-state index contributed by atoms with van der Waals surface area (Å²) >= 11 is 0. The van der Waals surface area contributed by atoms with Crippen molar-refractivity contribution in [1.82, 2.24) is 14.9 Å². The third-order valence-corrected chi connectivity index (χ3v) is 4.66. The van der Waals surface area contributed by atoms with Crippen LogP contribution in [0.3, 0.4) is 0 Å². The highest BCUT2D eigenvalue weighted by Gasteiger charge is 2.41. The summed E-state index contributed by atoms with van der Waals surface area (Å²) in [6.07, 6.45) is 8.18. The lowest BCUT2D eigenvalue weighted by Gasteiger charge is -2.32. The van der Waals surface area contributed by atoms with Crippen LogP contribution in [0, 0.1) is 0 Å². The first-order chi connectivity index (χ1) is 11.8. The first-order valence-corrected chi connectivity index (χ1v) is 8.28. The van der Waals surface area contributed by atoms with Crippen LogP contribution in [0.2, 0.25) is 0 Å². The van der Waals surface area contributed by atoms with Crippen LogP contribution >= 0.6 is 0 Å². The van der Waals surface area contributed by atoms with Crippen molar-refractivity contribution in [2.45, 2.75) is 38.0 Å². The Morgan fingerprint density at radius 3 is 2.67 bits per heavy atom. The first kappa shape index (κ1) is 14.9. The monoisotopic (exact) mass is 321 g/mol. The topological polar surface area (TPSA) is 55.3 Å². The summed E-state index contributed by atoms with van der Waals surface area (Å²) in [6.45, 7) is 0.313. The molecule has 1 saturated heterocycles. The van der Waals surface area contributed by atoms with E-state index in [9.17, 15) is 4.79 Å². The Labute approximate surface area is 141 Å². The number of benzene rings is 1. The van der Waals surface area contributed by atoms with E-state index in [1.165, 1.54) is 0 Å². The van der Waals surface area contributed by atoms with Crippen LogP contribution in [0.1, 0.15) is 30.7 Å². The minimum atomic E-state index is -0.226. The summed E-state index contributed by atoms with van der Waals surface area (Å²) in [4.78, 5) is 23.1. The van der Waals surface area contributed by atoms with Gasteiger partial charge in [0.05, 0.1) is 6.04 Å². The normalized spacial score (nSPS) is 22.2. The summed E-state index contributed by atoms with van der Waals surface area (Å²) in [7, 11) is 0. The molecule has 2 aromatic rings. The second-order valence-corrected chi connectivity index (χ2v) is 6.21. The van der Waals surface area contributed by atoms with Gasteiger partial charge in [-0.05, 0) is 36.5 Å². The quantitative estimate of drug-likeness (QED) is 0.869. The number of hydrogen-bond donors (Lipinski definition) is 0. The van der Waals surface area contributed by atoms with E-state index in [0.717, 1.165) is 36.2 Å². The van der Waals surface area contributed by atoms with Crippen molar-refractivity contribution < 1.29 is 9.53 Å². The van der Waals surface area contributed by atoms with Gasteiger partial charge >= 0.3 is 6.09 Å². The Hall–Kier alpha value is -2.69. The third kappa shape index (κ3) is 2.89. The number of aromatic nitrogens is 2. The zero-order valence-corrected chi connectivity index (χ0v) is 13.3. The maximum absolute atomic E-state index is 12.5. The number of carbonyl (C=O) groups is 1. The fraction of sp³-hybridized carbons (Fsp3) is 0.316. The Morgan fingerprint density at radius 2 is 1.92 bits per heavy atom. The number of ether oxygens (including phenoxy) is 1. The lowest BCUT2D eigenvalue weighted by molar-refractivity contribution is 0.0832. The van der Waals surface area contributed by atoms with Gasteiger partial charge in [0.2, 0.25) is 0 Å². The number of carbonyl (C=O) groups excluding carboxylic acids is 1. The summed E-state index contributed by atoms with van der Waals surface area (Å²) in [5.74, 6) is 0.770. The lowest BCUT2D eigenvalue weighted by atomic mass is 10.0. The van der Waals surface area contributed by atoms with Gasteiger partial charge in [0, 0.05) is 18.4 Å². The van der Waals surface area contributed by atoms with Gasteiger partial charge in [0.15, 0.2) is 5.82 Å². The number of amides is 1. The van der Waals surface area contributed by atoms with Crippen molar-refractivity contribution in [3.63, 3.8) is 0 Å². The van der Waals surface area contributed by atoms with Gasteiger partial charge in [-0.1, -0.05) is 36.4 Å². The molecule has 0 N–H and O–H groups in total. The van der Waals surface area contributed by atoms with Gasteiger partial charge in [-0.3, -0.25) is 4.90 Å². The molecule has 3 heterocycles. The van der Waals surface area contributed by atoms with Gasteiger partial charge < -0.3 is 4.74 Å². The zero-order chi connectivity index (χ0) is 16.4. The largest absolute Gasteiger partial charge is 0.445 e. The van der Waals surface area contributed by atoms with Gasteiger partial charge in [-0.25, -0.2) is 14.8 Å². The van der Waals surface area contributed by atoms with Crippen LogP contribution in [0.5, 0.6) is 0 Å². The van der Waals surface area contributed by atoms with E-state index < -0.39 is 0 Å². The zero-order valence-electron chi connectivity index (χ0n) is 13.3. The molecule has 2 aliphatic rings. The molecule has 0 spiro atoms. The molecule has 0 saturated carbocycles. The molecule has 122 valence electrons. The van der Waals surface area contributed by atoms with Crippen molar-refractivity contribution in [3.8, 4) is 0 Å². The summed E-state index contributed by atoms with van der Waals surface area (Å²) < 4.78 is 5.52. The van der Waals surface area contributed by atoms with Crippen molar-refractivity contribution in [2.75, 3.05) is 0 Å². The van der Waals surface area contributed by atoms with Crippen LogP contribution in [-0.2, 0) is 11.3 Å². The molecule has 4 rings (SSSR count). The van der Waals surface area contributed by atoms with E-state index in [2.05, 4.69) is 16.0 Å². The minimum absolute atomic E-state index is 0.0887. The van der Waals surface area contributed by atoms with Crippen molar-refractivity contribution in [1.29, 1.82) is 0 Å². The minimum Gasteiger partial charge on any atom is -0.445 e. The third-order valence-electron chi connectivity index (χ3n) is 4.66. The average molecular weight is 321 g/mol. The molecule has 0 aliphatic carbocycles. The Morgan fingerprint density at radius 1 is 1.12 bits per heavy atom. The fourth-order valence-electron chi connectivity index (χ4n) is 3.54. The predicted octanol–water partition coefficient (Wildman–Crippen LogP) is 3.43. The van der Waals surface area contributed by atoms with E-state index in [0.29, 0.717) is 6.61 Å². The highest BCUT2D eigenvalue weighted by molar-refractivity contribution is 5.73. The number of fused-ring (bicyclic) bond motifs is 2. The Kier molecular flexibility index (Phi) is 3.99. The molecule has 2 bridgehead atoms. The molecule has 1 amide bonds. The van der Waals surface area contributed by atoms with Crippen LogP contribution in [0.15, 0.2) is 54.9 Å². The van der Waals surface area contributed by atoms with Gasteiger partial charge in [0.25, 0.3) is 0 Å². The molecule has 5 nitrogen and oxygen atoms in total. The molecule has 0 radical (unpaired) electrons. The molecular weight excluding hydrogens is 302 g/mol. The van der Waals surface area contributed by atoms with Gasteiger partial charge in [-0.15, -0.1) is 0 Å². The Balaban J connectivity index is 1.46. The van der Waals surface area contributed by atoms with Crippen LogP contribution in [-0.4, -0.2) is 33.0 Å². The smallest absolute Gasteiger partial charge is 0.410 e. The molecule has 5 heteroatoms. The summed E-state index contributed by atoms with van der Waals surface area (Å²) in [5, 5.41) is 0. The summed E-state index contributed by atoms with van der Waals surface area (Å²) in [5.41, 5.74) is 2.14. The van der Waals surface area contributed by atoms with Crippen molar-refractivity contribution in [3.05, 3.63) is 66.3 Å². The molecule has 1 aromatic carbocycles. The van der Waals surface area contributed by atoms with E-state index in [4.69, 9.17) is 4.74 Å². The van der Waals surface area contributed by atoms with E-state index in [1.807, 2.05) is 41.3 Å². The number of nitrogens with zero attached hydrogens (tertiary/aromatic N) is 3. The highest BCUT2D eigenvalue weighted by atomic mass is 16.6. The second kappa shape index (κ2) is 6.43. The van der Waals surface area contributed by atoms with Gasteiger partial charge in [0.1, 0.15) is 6.61 Å². The first-order valence-electron chi connectivity index (χ1n) is 8.28. The van der Waals surface area contributed by atoms with E-state index in [1.54, 1.807) is 12.4 Å². The Bertz CT molecular complexity index is 746. The number of rotatable bonds is 3. The average Bonchev–Trinajstić information content (AvgIpc) is 2.91. The molecule has 1 fully saturated rings. The molecule has 24 heavy (non-hydrogen) atoms. The maximum Gasteiger partial charge on any atom is 0.410 e. The van der Waals surface area contributed by atoms with Crippen molar-refractivity contribution in [2.24, 2.45) is 0 Å². The van der Waals surface area contributed by atoms with E-state index in [-0.39, 0.29) is 18.2 Å². The molecule has 2 unspecified atom stereocenters. The van der Waals surface area contributed by atoms with Crippen molar-refractivity contribution >= 4 is 11.7 Å². The van der Waals surface area contributed by atoms with Crippen LogP contribution in [0.25, 0.3) is 5.57 Å². The van der Waals surface area contributed by atoms with Crippen LogP contribution in [0.4, 0.5) is 4.79 Å². The predicted molar refractivity (Wildman–Crippen MR) is 89.9 cm³/mol. The SMILES string of the molecule is O=C(OCc1ccccc1)N1C2C=C(c3ncccn3)CC1CC2. The fourth-order valence-corrected chi connectivity index (χ4v) is 3.54. The molecule has 2 atom stereocenters. The van der Waals surface area contributed by atoms with E-state index >= 15 is 0 Å². The van der Waals surface area contributed by atoms with Crippen LogP contribution < -0.4 is 0 Å². The standard InChI is InChI=1S/C19H19N3O2/c23-19(24-13-14-5-2-1-3-6-14)22-16-7-8-17(22)12-15(11-16)18-20-9-4-10-21-18/h1-6,9-11,16-17H,7-8,12-13H2.